The second-order valence-corrected chi connectivity index (χ2v) is 4.54. The molecule has 2 unspecified atom stereocenters. The van der Waals surface area contributed by atoms with Crippen LogP contribution in [-0.4, -0.2) is 24.6 Å². The van der Waals surface area contributed by atoms with Gasteiger partial charge in [0.05, 0.1) is 6.54 Å². The number of carbonyl (C=O) groups excluding carboxylic acids is 1. The monoisotopic (exact) mass is 234 g/mol. The molecule has 1 aromatic rings. The van der Waals surface area contributed by atoms with Crippen molar-refractivity contribution in [3.63, 3.8) is 0 Å². The van der Waals surface area contributed by atoms with Gasteiger partial charge in [-0.2, -0.15) is 0 Å². The molecule has 1 aliphatic heterocycles. The van der Waals surface area contributed by atoms with Crippen LogP contribution in [0.2, 0.25) is 0 Å². The Bertz CT molecular complexity index is 379. The molecule has 92 valence electrons. The molecule has 3 N–H and O–H groups in total. The fourth-order valence-electron chi connectivity index (χ4n) is 1.96. The minimum atomic E-state index is -0.100. The number of rotatable bonds is 4. The first-order chi connectivity index (χ1) is 8.15. The van der Waals surface area contributed by atoms with Gasteiger partial charge in [0, 0.05) is 18.9 Å². The maximum atomic E-state index is 11.4. The number of benzene rings is 1. The Hall–Kier alpha value is -1.55. The first kappa shape index (κ1) is 11.9. The van der Waals surface area contributed by atoms with E-state index in [0.717, 1.165) is 12.2 Å². The zero-order valence-corrected chi connectivity index (χ0v) is 9.98. The summed E-state index contributed by atoms with van der Waals surface area (Å²) in [6, 6.07) is 7.87. The Morgan fingerprint density at radius 1 is 1.59 bits per heavy atom. The van der Waals surface area contributed by atoms with Crippen LogP contribution in [0.25, 0.3) is 0 Å². The summed E-state index contributed by atoms with van der Waals surface area (Å²) in [6.07, 6.45) is 1.26. The van der Waals surface area contributed by atoms with E-state index >= 15 is 0 Å². The zero-order valence-electron chi connectivity index (χ0n) is 9.98. The van der Waals surface area contributed by atoms with Crippen molar-refractivity contribution in [3.05, 3.63) is 29.8 Å². The first-order valence-corrected chi connectivity index (χ1v) is 5.92. The topological polar surface area (TPSA) is 64.4 Å². The number of hydrogen-bond donors (Lipinski definition) is 2. The van der Waals surface area contributed by atoms with E-state index in [1.54, 1.807) is 0 Å². The molecule has 0 radical (unpaired) electrons. The number of para-hydroxylation sites is 1. The molecule has 0 saturated heterocycles. The van der Waals surface area contributed by atoms with Crippen LogP contribution >= 0.6 is 0 Å². The Morgan fingerprint density at radius 2 is 2.35 bits per heavy atom. The quantitative estimate of drug-likeness (QED) is 0.811. The van der Waals surface area contributed by atoms with Crippen molar-refractivity contribution in [1.29, 1.82) is 0 Å². The zero-order chi connectivity index (χ0) is 12.3. The molecule has 4 nitrogen and oxygen atoms in total. The predicted molar refractivity (Wildman–Crippen MR) is 65.8 cm³/mol. The fraction of sp³-hybridized carbons (Fsp3) is 0.462. The standard InChI is InChI=1S/C13H18N2O2/c1-9(14)6-13(16)15-8-11-7-10-4-2-3-5-12(10)17-11/h2-5,9,11H,6-8,14H2,1H3,(H,15,16). The van der Waals surface area contributed by atoms with Gasteiger partial charge in [-0.15, -0.1) is 0 Å². The van der Waals surface area contributed by atoms with Crippen LogP contribution in [-0.2, 0) is 11.2 Å². The van der Waals surface area contributed by atoms with Crippen LogP contribution in [0, 0.1) is 0 Å². The van der Waals surface area contributed by atoms with E-state index in [9.17, 15) is 4.79 Å². The van der Waals surface area contributed by atoms with Crippen molar-refractivity contribution in [2.75, 3.05) is 6.54 Å². The SMILES string of the molecule is CC(N)CC(=O)NCC1Cc2ccccc2O1. The average Bonchev–Trinajstić information content (AvgIpc) is 2.68. The highest BCUT2D eigenvalue weighted by atomic mass is 16.5. The van der Waals surface area contributed by atoms with Gasteiger partial charge in [0.1, 0.15) is 11.9 Å². The van der Waals surface area contributed by atoms with Crippen LogP contribution in [0.5, 0.6) is 5.75 Å². The number of hydrogen-bond acceptors (Lipinski definition) is 3. The lowest BCUT2D eigenvalue weighted by Gasteiger charge is -2.12. The predicted octanol–water partition coefficient (Wildman–Crippen LogP) is 0.844. The molecule has 0 aromatic heterocycles. The highest BCUT2D eigenvalue weighted by Crippen LogP contribution is 2.27. The summed E-state index contributed by atoms with van der Waals surface area (Å²) in [5.74, 6) is 0.915. The number of nitrogens with one attached hydrogen (secondary N) is 1. The van der Waals surface area contributed by atoms with E-state index in [0.29, 0.717) is 13.0 Å². The van der Waals surface area contributed by atoms with E-state index < -0.39 is 0 Å². The first-order valence-electron chi connectivity index (χ1n) is 5.92. The van der Waals surface area contributed by atoms with Gasteiger partial charge in [0.2, 0.25) is 5.91 Å². The molecular weight excluding hydrogens is 216 g/mol. The van der Waals surface area contributed by atoms with Crippen LogP contribution in [0.15, 0.2) is 24.3 Å². The van der Waals surface area contributed by atoms with Crippen molar-refractivity contribution >= 4 is 5.91 Å². The minimum absolute atomic E-state index is 0.0143. The van der Waals surface area contributed by atoms with Crippen LogP contribution in [0.3, 0.4) is 0 Å². The summed E-state index contributed by atoms with van der Waals surface area (Å²) < 4.78 is 5.72. The summed E-state index contributed by atoms with van der Waals surface area (Å²) in [5.41, 5.74) is 6.76. The molecule has 0 fully saturated rings. The molecule has 0 bridgehead atoms. The highest BCUT2D eigenvalue weighted by molar-refractivity contribution is 5.76. The van der Waals surface area contributed by atoms with Gasteiger partial charge in [-0.1, -0.05) is 18.2 Å². The molecule has 4 heteroatoms. The molecule has 1 amide bonds. The van der Waals surface area contributed by atoms with Crippen molar-refractivity contribution in [2.24, 2.45) is 5.73 Å². The smallest absolute Gasteiger partial charge is 0.221 e. The minimum Gasteiger partial charge on any atom is -0.488 e. The van der Waals surface area contributed by atoms with Gasteiger partial charge >= 0.3 is 0 Å². The summed E-state index contributed by atoms with van der Waals surface area (Å²) in [7, 11) is 0. The van der Waals surface area contributed by atoms with Gasteiger partial charge < -0.3 is 15.8 Å². The average molecular weight is 234 g/mol. The summed E-state index contributed by atoms with van der Waals surface area (Å²) in [4.78, 5) is 11.4. The van der Waals surface area contributed by atoms with Crippen molar-refractivity contribution in [1.82, 2.24) is 5.32 Å². The Balaban J connectivity index is 1.78. The van der Waals surface area contributed by atoms with Gasteiger partial charge in [0.15, 0.2) is 0 Å². The van der Waals surface area contributed by atoms with Gasteiger partial charge in [-0.05, 0) is 18.6 Å². The van der Waals surface area contributed by atoms with E-state index in [-0.39, 0.29) is 18.1 Å². The molecule has 2 rings (SSSR count). The molecular formula is C13H18N2O2. The molecule has 1 aromatic carbocycles. The number of nitrogens with two attached hydrogens (primary N) is 1. The second-order valence-electron chi connectivity index (χ2n) is 4.54. The lowest BCUT2D eigenvalue weighted by atomic mass is 10.1. The molecule has 1 heterocycles. The Kier molecular flexibility index (Phi) is 3.64. The normalized spacial score (nSPS) is 19.3. The van der Waals surface area contributed by atoms with Crippen molar-refractivity contribution < 1.29 is 9.53 Å². The molecule has 1 aliphatic rings. The number of amides is 1. The van der Waals surface area contributed by atoms with Gasteiger partial charge in [-0.25, -0.2) is 0 Å². The lowest BCUT2D eigenvalue weighted by Crippen LogP contribution is -2.36. The van der Waals surface area contributed by atoms with Gasteiger partial charge in [0.25, 0.3) is 0 Å². The lowest BCUT2D eigenvalue weighted by molar-refractivity contribution is -0.121. The third-order valence-corrected chi connectivity index (χ3v) is 2.75. The second kappa shape index (κ2) is 5.19. The van der Waals surface area contributed by atoms with E-state index in [1.807, 2.05) is 25.1 Å². The molecule has 2 atom stereocenters. The Morgan fingerprint density at radius 3 is 3.06 bits per heavy atom. The maximum Gasteiger partial charge on any atom is 0.221 e. The highest BCUT2D eigenvalue weighted by Gasteiger charge is 2.22. The van der Waals surface area contributed by atoms with Gasteiger partial charge in [-0.3, -0.25) is 4.79 Å². The summed E-state index contributed by atoms with van der Waals surface area (Å²) >= 11 is 0. The van der Waals surface area contributed by atoms with E-state index in [2.05, 4.69) is 11.4 Å². The van der Waals surface area contributed by atoms with Crippen LogP contribution < -0.4 is 15.8 Å². The fourth-order valence-corrected chi connectivity index (χ4v) is 1.96. The third kappa shape index (κ3) is 3.20. The van der Waals surface area contributed by atoms with Crippen molar-refractivity contribution in [2.45, 2.75) is 31.9 Å². The maximum absolute atomic E-state index is 11.4. The third-order valence-electron chi connectivity index (χ3n) is 2.75. The molecule has 0 saturated carbocycles. The Labute approximate surface area is 101 Å². The van der Waals surface area contributed by atoms with Crippen LogP contribution in [0.4, 0.5) is 0 Å². The molecule has 0 aliphatic carbocycles. The molecule has 17 heavy (non-hydrogen) atoms. The largest absolute Gasteiger partial charge is 0.488 e. The van der Waals surface area contributed by atoms with Crippen molar-refractivity contribution in [3.8, 4) is 5.75 Å². The van der Waals surface area contributed by atoms with E-state index in [4.69, 9.17) is 10.5 Å². The summed E-state index contributed by atoms with van der Waals surface area (Å²) in [6.45, 7) is 2.36. The number of fused-ring (bicyclic) bond motifs is 1. The number of ether oxygens (including phenoxy) is 1. The van der Waals surface area contributed by atoms with Crippen LogP contribution in [0.1, 0.15) is 18.9 Å². The molecule has 0 spiro atoms. The number of carbonyl (C=O) groups is 1. The van der Waals surface area contributed by atoms with E-state index in [1.165, 1.54) is 5.56 Å². The summed E-state index contributed by atoms with van der Waals surface area (Å²) in [5, 5.41) is 2.85.